The summed E-state index contributed by atoms with van der Waals surface area (Å²) in [5.74, 6) is 0.625. The van der Waals surface area contributed by atoms with Crippen molar-refractivity contribution in [1.29, 1.82) is 5.26 Å². The van der Waals surface area contributed by atoms with Crippen LogP contribution in [0.1, 0.15) is 43.9 Å². The van der Waals surface area contributed by atoms with Crippen molar-refractivity contribution in [1.82, 2.24) is 14.6 Å². The molecule has 1 saturated heterocycles. The van der Waals surface area contributed by atoms with Crippen molar-refractivity contribution < 1.29 is 14.2 Å². The predicted octanol–water partition coefficient (Wildman–Crippen LogP) is 2.07. The molecular formula is C18H24FN5O2. The van der Waals surface area contributed by atoms with Gasteiger partial charge in [0.1, 0.15) is 17.1 Å². The summed E-state index contributed by atoms with van der Waals surface area (Å²) in [6, 6.07) is 1.94. The topological polar surface area (TPSA) is 109 Å². The number of fused-ring (bicyclic) bond motifs is 1. The first kappa shape index (κ1) is 18.5. The number of hydrogen-bond acceptors (Lipinski definition) is 6. The molecule has 2 aromatic rings. The molecule has 3 atom stereocenters. The van der Waals surface area contributed by atoms with Gasteiger partial charge in [-0.3, -0.25) is 0 Å². The monoisotopic (exact) mass is 361 g/mol. The van der Waals surface area contributed by atoms with Crippen LogP contribution in [0.5, 0.6) is 0 Å². The first-order valence-corrected chi connectivity index (χ1v) is 8.98. The van der Waals surface area contributed by atoms with Gasteiger partial charge in [-0.05, 0) is 37.5 Å². The summed E-state index contributed by atoms with van der Waals surface area (Å²) in [5.41, 5.74) is 6.45. The van der Waals surface area contributed by atoms with Gasteiger partial charge >= 0.3 is 0 Å². The molecule has 0 radical (unpaired) electrons. The standard InChI is InChI=1S/C13H14FN5.C5H10O2/c1-7-2-3-8(7)4-10-9(5-15)12(14)11-6-17-13(16)18-19(10)11;6-5-2-1-3-7-4-5/h6-8H,2-4H2,1H3,(H2,16,18);5-6H,1-4H2. The summed E-state index contributed by atoms with van der Waals surface area (Å²) in [4.78, 5) is 3.78. The smallest absolute Gasteiger partial charge is 0.238 e. The van der Waals surface area contributed by atoms with Crippen molar-refractivity contribution in [3.05, 3.63) is 23.3 Å². The molecule has 2 fully saturated rings. The molecule has 3 unspecified atom stereocenters. The van der Waals surface area contributed by atoms with Crippen LogP contribution in [0.4, 0.5) is 10.3 Å². The Morgan fingerprint density at radius 3 is 2.77 bits per heavy atom. The summed E-state index contributed by atoms with van der Waals surface area (Å²) < 4.78 is 20.5. The van der Waals surface area contributed by atoms with Crippen LogP contribution in [0.2, 0.25) is 0 Å². The van der Waals surface area contributed by atoms with Gasteiger partial charge < -0.3 is 15.6 Å². The number of nitriles is 1. The number of ether oxygens (including phenoxy) is 1. The first-order chi connectivity index (χ1) is 12.5. The molecule has 7 nitrogen and oxygen atoms in total. The van der Waals surface area contributed by atoms with Gasteiger partial charge in [-0.25, -0.2) is 13.9 Å². The molecule has 140 valence electrons. The molecule has 4 rings (SSSR count). The Morgan fingerprint density at radius 2 is 2.27 bits per heavy atom. The largest absolute Gasteiger partial charge is 0.391 e. The number of hydrogen-bond donors (Lipinski definition) is 2. The number of nitrogen functional groups attached to an aromatic ring is 1. The van der Waals surface area contributed by atoms with Gasteiger partial charge in [-0.2, -0.15) is 5.26 Å². The Labute approximate surface area is 151 Å². The van der Waals surface area contributed by atoms with Crippen molar-refractivity contribution in [2.75, 3.05) is 18.9 Å². The molecule has 1 aliphatic carbocycles. The Balaban J connectivity index is 0.000000236. The molecule has 2 aliphatic rings. The van der Waals surface area contributed by atoms with Gasteiger partial charge in [0, 0.05) is 6.61 Å². The lowest BCUT2D eigenvalue weighted by molar-refractivity contribution is -0.00535. The van der Waals surface area contributed by atoms with Crippen molar-refractivity contribution in [3.63, 3.8) is 0 Å². The zero-order chi connectivity index (χ0) is 18.7. The van der Waals surface area contributed by atoms with Crippen LogP contribution in [0.3, 0.4) is 0 Å². The highest BCUT2D eigenvalue weighted by atomic mass is 19.1. The number of nitrogens with two attached hydrogens (primary N) is 1. The van der Waals surface area contributed by atoms with Crippen LogP contribution in [-0.2, 0) is 11.2 Å². The fourth-order valence-electron chi connectivity index (χ4n) is 3.39. The number of halogens is 1. The lowest BCUT2D eigenvalue weighted by atomic mass is 9.72. The number of aliphatic hydroxyl groups is 1. The van der Waals surface area contributed by atoms with E-state index < -0.39 is 5.82 Å². The van der Waals surface area contributed by atoms with E-state index in [1.807, 2.05) is 6.07 Å². The Bertz CT molecular complexity index is 810. The minimum Gasteiger partial charge on any atom is -0.391 e. The molecule has 0 spiro atoms. The molecule has 3 N–H and O–H groups in total. The zero-order valence-electron chi connectivity index (χ0n) is 14.9. The highest BCUT2D eigenvalue weighted by molar-refractivity contribution is 5.57. The Kier molecular flexibility index (Phi) is 5.69. The van der Waals surface area contributed by atoms with Crippen LogP contribution in [-0.4, -0.2) is 39.0 Å². The third kappa shape index (κ3) is 3.79. The molecule has 0 bridgehead atoms. The van der Waals surface area contributed by atoms with E-state index in [0.29, 0.717) is 30.6 Å². The molecule has 0 amide bonds. The first-order valence-electron chi connectivity index (χ1n) is 8.98. The highest BCUT2D eigenvalue weighted by Crippen LogP contribution is 2.37. The maximum atomic E-state index is 14.1. The lowest BCUT2D eigenvalue weighted by Gasteiger charge is -2.33. The minimum absolute atomic E-state index is 0.0685. The molecule has 0 aromatic carbocycles. The van der Waals surface area contributed by atoms with Crippen LogP contribution in [0.25, 0.3) is 5.52 Å². The SMILES string of the molecule is CC1CCC1Cc1c(C#N)c(F)c2cnc(N)nn12.OC1CCCOC1. The van der Waals surface area contributed by atoms with Gasteiger partial charge in [0.25, 0.3) is 0 Å². The Hall–Kier alpha value is -2.24. The van der Waals surface area contributed by atoms with E-state index in [0.717, 1.165) is 25.9 Å². The van der Waals surface area contributed by atoms with Gasteiger partial charge in [0.05, 0.1) is 24.6 Å². The maximum absolute atomic E-state index is 14.1. The summed E-state index contributed by atoms with van der Waals surface area (Å²) in [6.07, 6.45) is 6.03. The van der Waals surface area contributed by atoms with Crippen molar-refractivity contribution in [3.8, 4) is 6.07 Å². The third-order valence-corrected chi connectivity index (χ3v) is 5.24. The van der Waals surface area contributed by atoms with Gasteiger partial charge in [0.15, 0.2) is 5.82 Å². The molecule has 1 saturated carbocycles. The quantitative estimate of drug-likeness (QED) is 0.847. The Morgan fingerprint density at radius 1 is 1.46 bits per heavy atom. The average Bonchev–Trinajstić information content (AvgIpc) is 2.90. The van der Waals surface area contributed by atoms with Crippen LogP contribution >= 0.6 is 0 Å². The summed E-state index contributed by atoms with van der Waals surface area (Å²) in [7, 11) is 0. The van der Waals surface area contributed by atoms with Crippen LogP contribution < -0.4 is 5.73 Å². The number of anilines is 1. The minimum atomic E-state index is -0.551. The summed E-state index contributed by atoms with van der Waals surface area (Å²) in [5, 5.41) is 22.0. The molecule has 2 aromatic heterocycles. The van der Waals surface area contributed by atoms with E-state index in [1.165, 1.54) is 17.1 Å². The summed E-state index contributed by atoms with van der Waals surface area (Å²) >= 11 is 0. The van der Waals surface area contributed by atoms with E-state index in [-0.39, 0.29) is 23.1 Å². The zero-order valence-corrected chi connectivity index (χ0v) is 14.9. The third-order valence-electron chi connectivity index (χ3n) is 5.24. The predicted molar refractivity (Wildman–Crippen MR) is 93.7 cm³/mol. The molecule has 1 aliphatic heterocycles. The number of aromatic nitrogens is 3. The van der Waals surface area contributed by atoms with Crippen molar-refractivity contribution >= 4 is 11.5 Å². The maximum Gasteiger partial charge on any atom is 0.238 e. The molecule has 3 heterocycles. The van der Waals surface area contributed by atoms with E-state index in [9.17, 15) is 4.39 Å². The number of rotatable bonds is 2. The number of nitrogens with zero attached hydrogens (tertiary/aromatic N) is 4. The fourth-order valence-corrected chi connectivity index (χ4v) is 3.39. The average molecular weight is 361 g/mol. The van der Waals surface area contributed by atoms with Crippen LogP contribution in [0, 0.1) is 29.0 Å². The van der Waals surface area contributed by atoms with Gasteiger partial charge in [-0.1, -0.05) is 13.3 Å². The highest BCUT2D eigenvalue weighted by Gasteiger charge is 2.30. The van der Waals surface area contributed by atoms with E-state index >= 15 is 0 Å². The second kappa shape index (κ2) is 7.98. The van der Waals surface area contributed by atoms with Gasteiger partial charge in [-0.15, -0.1) is 5.10 Å². The van der Waals surface area contributed by atoms with Gasteiger partial charge in [0.2, 0.25) is 5.95 Å². The van der Waals surface area contributed by atoms with E-state index in [2.05, 4.69) is 17.0 Å². The lowest BCUT2D eigenvalue weighted by Crippen LogP contribution is -2.26. The molecule has 8 heteroatoms. The second-order valence-corrected chi connectivity index (χ2v) is 7.05. The normalized spacial score (nSPS) is 25.1. The number of aliphatic hydroxyl groups excluding tert-OH is 1. The second-order valence-electron chi connectivity index (χ2n) is 7.05. The molecule has 26 heavy (non-hydrogen) atoms. The summed E-state index contributed by atoms with van der Waals surface area (Å²) in [6.45, 7) is 3.55. The molecular weight excluding hydrogens is 337 g/mol. The van der Waals surface area contributed by atoms with E-state index in [4.69, 9.17) is 20.8 Å². The van der Waals surface area contributed by atoms with Crippen molar-refractivity contribution in [2.45, 2.75) is 45.1 Å². The van der Waals surface area contributed by atoms with E-state index in [1.54, 1.807) is 0 Å². The van der Waals surface area contributed by atoms with Crippen LogP contribution in [0.15, 0.2) is 6.20 Å². The fraction of sp³-hybridized carbons (Fsp3) is 0.611. The van der Waals surface area contributed by atoms with Crippen molar-refractivity contribution in [2.24, 2.45) is 11.8 Å².